The van der Waals surface area contributed by atoms with Gasteiger partial charge in [0, 0.05) is 11.0 Å². The quantitative estimate of drug-likeness (QED) is 0.459. The van der Waals surface area contributed by atoms with E-state index >= 15 is 0 Å². The second-order valence-corrected chi connectivity index (χ2v) is 6.69. The molecule has 1 aromatic carbocycles. The molecule has 0 aliphatic rings. The van der Waals surface area contributed by atoms with Gasteiger partial charge in [0.2, 0.25) is 0 Å². The first-order valence-electron chi connectivity index (χ1n) is 6.87. The Morgan fingerprint density at radius 3 is 2.38 bits per heavy atom. The monoisotopic (exact) mass is 405 g/mol. The lowest BCUT2D eigenvalue weighted by Gasteiger charge is -2.25. The van der Waals surface area contributed by atoms with Crippen LogP contribution >= 0.6 is 24.0 Å². The predicted molar refractivity (Wildman–Crippen MR) is 101 cm³/mol. The summed E-state index contributed by atoms with van der Waals surface area (Å²) in [4.78, 5) is 4.46. The molecule has 4 nitrogen and oxygen atoms in total. The molecule has 0 bridgehead atoms. The Bertz CT molecular complexity index is 479. The molecular formula is C16H28IN3O. The zero-order valence-corrected chi connectivity index (χ0v) is 16.2. The number of nitrogens with two attached hydrogens (primary N) is 1. The van der Waals surface area contributed by atoms with Crippen molar-refractivity contribution in [2.75, 3.05) is 13.7 Å². The van der Waals surface area contributed by atoms with Gasteiger partial charge in [-0.05, 0) is 38.5 Å². The van der Waals surface area contributed by atoms with Crippen molar-refractivity contribution < 1.29 is 4.74 Å². The van der Waals surface area contributed by atoms with Crippen molar-refractivity contribution in [2.45, 2.75) is 45.6 Å². The number of methoxy groups -OCH3 is 1. The minimum Gasteiger partial charge on any atom is -0.497 e. The van der Waals surface area contributed by atoms with Gasteiger partial charge in [-0.2, -0.15) is 0 Å². The summed E-state index contributed by atoms with van der Waals surface area (Å²) in [6, 6.07) is 8.07. The second kappa shape index (κ2) is 7.87. The van der Waals surface area contributed by atoms with Crippen molar-refractivity contribution in [1.29, 1.82) is 0 Å². The Morgan fingerprint density at radius 1 is 1.24 bits per heavy atom. The number of guanidine groups is 1. The fraction of sp³-hybridized carbons (Fsp3) is 0.562. The van der Waals surface area contributed by atoms with E-state index in [1.807, 2.05) is 18.2 Å². The Labute approximate surface area is 145 Å². The molecule has 0 saturated heterocycles. The predicted octanol–water partition coefficient (Wildman–Crippen LogP) is 3.29. The normalized spacial score (nSPS) is 12.6. The molecule has 0 amide bonds. The number of rotatable bonds is 4. The van der Waals surface area contributed by atoms with Crippen molar-refractivity contribution in [3.63, 3.8) is 0 Å². The molecule has 0 aromatic heterocycles. The molecule has 0 heterocycles. The summed E-state index contributed by atoms with van der Waals surface area (Å²) in [5.74, 6) is 1.34. The van der Waals surface area contributed by atoms with E-state index in [2.05, 4.69) is 51.0 Å². The lowest BCUT2D eigenvalue weighted by atomic mass is 9.84. The van der Waals surface area contributed by atoms with Gasteiger partial charge < -0.3 is 15.8 Å². The van der Waals surface area contributed by atoms with E-state index in [0.29, 0.717) is 12.5 Å². The molecule has 21 heavy (non-hydrogen) atoms. The maximum absolute atomic E-state index is 5.92. The van der Waals surface area contributed by atoms with E-state index in [4.69, 9.17) is 10.5 Å². The van der Waals surface area contributed by atoms with Crippen molar-refractivity contribution in [2.24, 2.45) is 10.7 Å². The Kier molecular flexibility index (Phi) is 7.50. The average molecular weight is 405 g/mol. The lowest BCUT2D eigenvalue weighted by Crippen LogP contribution is -2.45. The van der Waals surface area contributed by atoms with Crippen LogP contribution in [0.4, 0.5) is 0 Å². The zero-order chi connectivity index (χ0) is 15.4. The SMILES string of the molecule is COc1cccc(C(C)(C)CN=C(N)NC(C)(C)C)c1.I. The molecule has 0 saturated carbocycles. The summed E-state index contributed by atoms with van der Waals surface area (Å²) in [5.41, 5.74) is 6.93. The first-order chi connectivity index (χ1) is 9.14. The van der Waals surface area contributed by atoms with Crippen LogP contribution in [0.3, 0.4) is 0 Å². The van der Waals surface area contributed by atoms with E-state index in [9.17, 15) is 0 Å². The molecule has 0 aliphatic heterocycles. The van der Waals surface area contributed by atoms with Gasteiger partial charge >= 0.3 is 0 Å². The van der Waals surface area contributed by atoms with Gasteiger partial charge in [-0.3, -0.25) is 4.99 Å². The smallest absolute Gasteiger partial charge is 0.189 e. The molecule has 5 heteroatoms. The Morgan fingerprint density at radius 2 is 1.86 bits per heavy atom. The van der Waals surface area contributed by atoms with Gasteiger partial charge in [-0.1, -0.05) is 26.0 Å². The van der Waals surface area contributed by atoms with Crippen molar-refractivity contribution >= 4 is 29.9 Å². The summed E-state index contributed by atoms with van der Waals surface area (Å²) in [6.07, 6.45) is 0. The summed E-state index contributed by atoms with van der Waals surface area (Å²) >= 11 is 0. The van der Waals surface area contributed by atoms with Crippen LogP contribution < -0.4 is 15.8 Å². The number of hydrogen-bond acceptors (Lipinski definition) is 2. The van der Waals surface area contributed by atoms with E-state index in [1.54, 1.807) is 7.11 Å². The van der Waals surface area contributed by atoms with Gasteiger partial charge in [-0.25, -0.2) is 0 Å². The van der Waals surface area contributed by atoms with E-state index in [1.165, 1.54) is 5.56 Å². The van der Waals surface area contributed by atoms with Gasteiger partial charge in [-0.15, -0.1) is 24.0 Å². The fourth-order valence-electron chi connectivity index (χ4n) is 1.84. The molecule has 120 valence electrons. The van der Waals surface area contributed by atoms with Crippen LogP contribution in [0.15, 0.2) is 29.3 Å². The average Bonchev–Trinajstić information content (AvgIpc) is 2.35. The maximum Gasteiger partial charge on any atom is 0.189 e. The van der Waals surface area contributed by atoms with Crippen LogP contribution in [-0.4, -0.2) is 25.2 Å². The second-order valence-electron chi connectivity index (χ2n) is 6.69. The summed E-state index contributed by atoms with van der Waals surface area (Å²) in [6.45, 7) is 11.1. The van der Waals surface area contributed by atoms with Gasteiger partial charge in [0.05, 0.1) is 13.7 Å². The van der Waals surface area contributed by atoms with Crippen LogP contribution in [0.1, 0.15) is 40.2 Å². The van der Waals surface area contributed by atoms with Crippen LogP contribution in [-0.2, 0) is 5.41 Å². The van der Waals surface area contributed by atoms with E-state index in [0.717, 1.165) is 5.75 Å². The Balaban J connectivity index is 0.00000400. The molecule has 0 aliphatic carbocycles. The lowest BCUT2D eigenvalue weighted by molar-refractivity contribution is 0.412. The number of nitrogens with zero attached hydrogens (tertiary/aromatic N) is 1. The third kappa shape index (κ3) is 7.02. The molecule has 0 unspecified atom stereocenters. The van der Waals surface area contributed by atoms with Crippen LogP contribution in [0.25, 0.3) is 0 Å². The van der Waals surface area contributed by atoms with Gasteiger partial charge in [0.25, 0.3) is 0 Å². The van der Waals surface area contributed by atoms with Crippen LogP contribution in [0.2, 0.25) is 0 Å². The minimum absolute atomic E-state index is 0. The minimum atomic E-state index is -0.0985. The van der Waals surface area contributed by atoms with Crippen molar-refractivity contribution in [3.8, 4) is 5.75 Å². The summed E-state index contributed by atoms with van der Waals surface area (Å²) in [7, 11) is 1.68. The molecule has 1 aromatic rings. The number of benzene rings is 1. The Hall–Kier alpha value is -0.980. The molecule has 1 rings (SSSR count). The highest BCUT2D eigenvalue weighted by molar-refractivity contribution is 14.0. The molecule has 0 atom stereocenters. The third-order valence-electron chi connectivity index (χ3n) is 3.00. The molecule has 0 radical (unpaired) electrons. The summed E-state index contributed by atoms with van der Waals surface area (Å²) < 4.78 is 5.27. The number of hydrogen-bond donors (Lipinski definition) is 2. The molecule has 3 N–H and O–H groups in total. The fourth-order valence-corrected chi connectivity index (χ4v) is 1.84. The van der Waals surface area contributed by atoms with Crippen molar-refractivity contribution in [1.82, 2.24) is 5.32 Å². The number of ether oxygens (including phenoxy) is 1. The van der Waals surface area contributed by atoms with Gasteiger partial charge in [0.15, 0.2) is 5.96 Å². The zero-order valence-electron chi connectivity index (χ0n) is 13.9. The third-order valence-corrected chi connectivity index (χ3v) is 3.00. The van der Waals surface area contributed by atoms with Crippen LogP contribution in [0.5, 0.6) is 5.75 Å². The van der Waals surface area contributed by atoms with E-state index in [-0.39, 0.29) is 34.9 Å². The highest BCUT2D eigenvalue weighted by Crippen LogP contribution is 2.26. The molecular weight excluding hydrogens is 377 g/mol. The number of halogens is 1. The highest BCUT2D eigenvalue weighted by atomic mass is 127. The molecule has 0 fully saturated rings. The first kappa shape index (κ1) is 20.0. The van der Waals surface area contributed by atoms with E-state index < -0.39 is 0 Å². The largest absolute Gasteiger partial charge is 0.497 e. The number of aliphatic imine (C=N–C) groups is 1. The maximum atomic E-state index is 5.92. The topological polar surface area (TPSA) is 59.6 Å². The van der Waals surface area contributed by atoms with Gasteiger partial charge in [0.1, 0.15) is 5.75 Å². The van der Waals surface area contributed by atoms with Crippen molar-refractivity contribution in [3.05, 3.63) is 29.8 Å². The summed E-state index contributed by atoms with van der Waals surface area (Å²) in [5, 5.41) is 3.17. The number of nitrogens with one attached hydrogen (secondary N) is 1. The first-order valence-corrected chi connectivity index (χ1v) is 6.87. The van der Waals surface area contributed by atoms with Crippen LogP contribution in [0, 0.1) is 0 Å². The molecule has 0 spiro atoms. The standard InChI is InChI=1S/C16H27N3O.HI/c1-15(2,3)19-14(17)18-11-16(4,5)12-8-7-9-13(10-12)20-6;/h7-10H,11H2,1-6H3,(H3,17,18,19);1H. The highest BCUT2D eigenvalue weighted by Gasteiger charge is 2.21.